The van der Waals surface area contributed by atoms with Crippen LogP contribution in [0.3, 0.4) is 0 Å². The summed E-state index contributed by atoms with van der Waals surface area (Å²) in [7, 11) is 0. The van der Waals surface area contributed by atoms with Gasteiger partial charge in [-0.3, -0.25) is 4.99 Å². The molecule has 0 unspecified atom stereocenters. The Bertz CT molecular complexity index is 858. The number of aromatic hydroxyl groups is 1. The highest BCUT2D eigenvalue weighted by atomic mass is 79.9. The van der Waals surface area contributed by atoms with Gasteiger partial charge in [-0.15, -0.1) is 0 Å². The van der Waals surface area contributed by atoms with Crippen molar-refractivity contribution in [3.63, 3.8) is 0 Å². The van der Waals surface area contributed by atoms with Gasteiger partial charge in [-0.05, 0) is 40.2 Å². The van der Waals surface area contributed by atoms with Gasteiger partial charge in [0.25, 0.3) is 0 Å². The molecule has 1 heterocycles. The maximum Gasteiger partial charge on any atom is 0.151 e. The Morgan fingerprint density at radius 1 is 1.14 bits per heavy atom. The SMILES string of the molecule is Oc1c(C=Nc2ccccc2Cl)[nH]c2ccc(Br)c(Cl)c12. The molecule has 0 fully saturated rings. The minimum absolute atomic E-state index is 0.0621. The highest BCUT2D eigenvalue weighted by Crippen LogP contribution is 2.38. The molecule has 3 rings (SSSR count). The van der Waals surface area contributed by atoms with Crippen molar-refractivity contribution in [1.29, 1.82) is 0 Å². The van der Waals surface area contributed by atoms with Crippen LogP contribution in [0.25, 0.3) is 10.9 Å². The summed E-state index contributed by atoms with van der Waals surface area (Å²) in [6.45, 7) is 0. The van der Waals surface area contributed by atoms with E-state index in [2.05, 4.69) is 25.9 Å². The minimum Gasteiger partial charge on any atom is -0.505 e. The second kappa shape index (κ2) is 5.72. The number of hydrogen-bond acceptors (Lipinski definition) is 2. The number of H-pyrrole nitrogens is 1. The lowest BCUT2D eigenvalue weighted by Gasteiger charge is -1.97. The predicted octanol–water partition coefficient (Wildman–Crippen LogP) is 5.69. The van der Waals surface area contributed by atoms with Crippen LogP contribution >= 0.6 is 39.1 Å². The predicted molar refractivity (Wildman–Crippen MR) is 91.4 cm³/mol. The van der Waals surface area contributed by atoms with Crippen LogP contribution in [-0.2, 0) is 0 Å². The van der Waals surface area contributed by atoms with Crippen molar-refractivity contribution in [2.45, 2.75) is 0 Å². The average molecular weight is 384 g/mol. The standard InChI is InChI=1S/C15H9BrCl2N2O/c16-8-5-6-11-13(14(8)18)15(21)12(20-11)7-19-10-4-2-1-3-9(10)17/h1-7,20-21H. The summed E-state index contributed by atoms with van der Waals surface area (Å²) < 4.78 is 0.723. The second-order valence-electron chi connectivity index (χ2n) is 4.38. The molecule has 0 aliphatic rings. The van der Waals surface area contributed by atoms with E-state index in [0.29, 0.717) is 26.8 Å². The van der Waals surface area contributed by atoms with E-state index in [1.807, 2.05) is 24.3 Å². The third-order valence-corrected chi connectivity index (χ3v) is 4.64. The van der Waals surface area contributed by atoms with Crippen molar-refractivity contribution < 1.29 is 5.11 Å². The van der Waals surface area contributed by atoms with Gasteiger partial charge in [0.2, 0.25) is 0 Å². The molecule has 0 radical (unpaired) electrons. The topological polar surface area (TPSA) is 48.4 Å². The molecule has 0 atom stereocenters. The zero-order chi connectivity index (χ0) is 15.0. The molecule has 0 saturated heterocycles. The molecular weight excluding hydrogens is 375 g/mol. The first kappa shape index (κ1) is 14.4. The molecule has 0 amide bonds. The first-order valence-corrected chi connectivity index (χ1v) is 7.60. The fraction of sp³-hybridized carbons (Fsp3) is 0. The summed E-state index contributed by atoms with van der Waals surface area (Å²) in [5, 5.41) is 11.8. The van der Waals surface area contributed by atoms with Gasteiger partial charge in [0.15, 0.2) is 5.75 Å². The summed E-state index contributed by atoms with van der Waals surface area (Å²) in [6.07, 6.45) is 1.53. The summed E-state index contributed by atoms with van der Waals surface area (Å²) in [6, 6.07) is 10.9. The van der Waals surface area contributed by atoms with Crippen LogP contribution in [0.1, 0.15) is 5.69 Å². The molecular formula is C15H9BrCl2N2O. The molecule has 6 heteroatoms. The molecule has 3 nitrogen and oxygen atoms in total. The largest absolute Gasteiger partial charge is 0.505 e. The zero-order valence-corrected chi connectivity index (χ0v) is 13.7. The third-order valence-electron chi connectivity index (χ3n) is 3.04. The Morgan fingerprint density at radius 3 is 2.67 bits per heavy atom. The molecule has 21 heavy (non-hydrogen) atoms. The molecule has 0 bridgehead atoms. The number of fused-ring (bicyclic) bond motifs is 1. The van der Waals surface area contributed by atoms with Gasteiger partial charge in [0.1, 0.15) is 5.69 Å². The number of para-hydroxylation sites is 1. The number of benzene rings is 2. The minimum atomic E-state index is 0.0621. The highest BCUT2D eigenvalue weighted by Gasteiger charge is 2.14. The maximum absolute atomic E-state index is 10.3. The quantitative estimate of drug-likeness (QED) is 0.548. The molecule has 106 valence electrons. The highest BCUT2D eigenvalue weighted by molar-refractivity contribution is 9.10. The van der Waals surface area contributed by atoms with Crippen molar-refractivity contribution in [1.82, 2.24) is 4.98 Å². The number of rotatable bonds is 2. The lowest BCUT2D eigenvalue weighted by atomic mass is 10.2. The van der Waals surface area contributed by atoms with E-state index < -0.39 is 0 Å². The van der Waals surface area contributed by atoms with Gasteiger partial charge in [-0.1, -0.05) is 35.3 Å². The first-order chi connectivity index (χ1) is 10.1. The number of hydrogen-bond donors (Lipinski definition) is 2. The fourth-order valence-corrected chi connectivity index (χ4v) is 2.78. The summed E-state index contributed by atoms with van der Waals surface area (Å²) >= 11 is 15.6. The van der Waals surface area contributed by atoms with Crippen molar-refractivity contribution in [2.24, 2.45) is 4.99 Å². The third kappa shape index (κ3) is 2.67. The van der Waals surface area contributed by atoms with Gasteiger partial charge in [-0.2, -0.15) is 0 Å². The number of aliphatic imine (C=N–C) groups is 1. The Balaban J connectivity index is 2.08. The lowest BCUT2D eigenvalue weighted by molar-refractivity contribution is 0.480. The van der Waals surface area contributed by atoms with Crippen molar-refractivity contribution in [3.05, 3.63) is 56.6 Å². The first-order valence-electron chi connectivity index (χ1n) is 6.05. The summed E-state index contributed by atoms with van der Waals surface area (Å²) in [4.78, 5) is 7.36. The Kier molecular flexibility index (Phi) is 3.93. The molecule has 0 saturated carbocycles. The number of aromatic amines is 1. The number of aromatic nitrogens is 1. The monoisotopic (exact) mass is 382 g/mol. The van der Waals surface area contributed by atoms with Crippen LogP contribution in [0.15, 0.2) is 45.9 Å². The van der Waals surface area contributed by atoms with Gasteiger partial charge in [-0.25, -0.2) is 0 Å². The van der Waals surface area contributed by atoms with E-state index in [1.54, 1.807) is 12.1 Å². The van der Waals surface area contributed by atoms with Crippen LogP contribution < -0.4 is 0 Å². The molecule has 0 aliphatic carbocycles. The molecule has 2 N–H and O–H groups in total. The normalized spacial score (nSPS) is 11.6. The van der Waals surface area contributed by atoms with E-state index in [0.717, 1.165) is 9.99 Å². The Hall–Kier alpha value is -1.49. The van der Waals surface area contributed by atoms with Crippen LogP contribution in [0.5, 0.6) is 5.75 Å². The van der Waals surface area contributed by atoms with E-state index in [-0.39, 0.29) is 5.75 Å². The molecule has 2 aromatic carbocycles. The van der Waals surface area contributed by atoms with E-state index in [4.69, 9.17) is 23.2 Å². The van der Waals surface area contributed by atoms with Crippen LogP contribution in [0, 0.1) is 0 Å². The number of nitrogens with zero attached hydrogens (tertiary/aromatic N) is 1. The van der Waals surface area contributed by atoms with Gasteiger partial charge in [0, 0.05) is 4.47 Å². The van der Waals surface area contributed by atoms with Gasteiger partial charge >= 0.3 is 0 Å². The number of nitrogens with one attached hydrogen (secondary N) is 1. The van der Waals surface area contributed by atoms with Crippen molar-refractivity contribution in [3.8, 4) is 5.75 Å². The number of halogens is 3. The average Bonchev–Trinajstić information content (AvgIpc) is 2.79. The fourth-order valence-electron chi connectivity index (χ4n) is 2.01. The smallest absolute Gasteiger partial charge is 0.151 e. The molecule has 0 spiro atoms. The van der Waals surface area contributed by atoms with E-state index >= 15 is 0 Å². The van der Waals surface area contributed by atoms with Crippen molar-refractivity contribution >= 4 is 61.9 Å². The maximum atomic E-state index is 10.3. The zero-order valence-electron chi connectivity index (χ0n) is 10.6. The van der Waals surface area contributed by atoms with Crippen molar-refractivity contribution in [2.75, 3.05) is 0 Å². The summed E-state index contributed by atoms with van der Waals surface area (Å²) in [5.74, 6) is 0.0621. The van der Waals surface area contributed by atoms with E-state index in [1.165, 1.54) is 6.21 Å². The van der Waals surface area contributed by atoms with Gasteiger partial charge in [0.05, 0.1) is 32.9 Å². The molecule has 1 aromatic heterocycles. The van der Waals surface area contributed by atoms with Crippen LogP contribution in [0.2, 0.25) is 10.0 Å². The van der Waals surface area contributed by atoms with E-state index in [9.17, 15) is 5.11 Å². The lowest BCUT2D eigenvalue weighted by Crippen LogP contribution is -1.80. The molecule has 3 aromatic rings. The Labute approximate surface area is 139 Å². The van der Waals surface area contributed by atoms with Crippen LogP contribution in [0.4, 0.5) is 5.69 Å². The Morgan fingerprint density at radius 2 is 1.90 bits per heavy atom. The summed E-state index contributed by atoms with van der Waals surface area (Å²) in [5.41, 5.74) is 1.84. The molecule has 0 aliphatic heterocycles. The van der Waals surface area contributed by atoms with Crippen LogP contribution in [-0.4, -0.2) is 16.3 Å². The second-order valence-corrected chi connectivity index (χ2v) is 6.02. The van der Waals surface area contributed by atoms with Gasteiger partial charge < -0.3 is 10.1 Å².